The topological polar surface area (TPSA) is 23.8 Å². The van der Waals surface area contributed by atoms with Crippen LogP contribution in [0.4, 0.5) is 0 Å². The van der Waals surface area contributed by atoms with Crippen molar-refractivity contribution >= 4 is 5.57 Å². The Balaban J connectivity index is 0.00000256. The van der Waals surface area contributed by atoms with Crippen LogP contribution in [0.25, 0.3) is 5.57 Å². The maximum absolute atomic E-state index is 8.80. The molecule has 1 nitrogen and oxygen atoms in total. The highest BCUT2D eigenvalue weighted by Crippen LogP contribution is 2.23. The first-order valence-electron chi connectivity index (χ1n) is 5.19. The Morgan fingerprint density at radius 1 is 1.29 bits per heavy atom. The third-order valence-electron chi connectivity index (χ3n) is 2.41. The van der Waals surface area contributed by atoms with Gasteiger partial charge in [0.25, 0.3) is 0 Å². The number of nitrogens with zero attached hydrogens (tertiary/aromatic N) is 1. The van der Waals surface area contributed by atoms with Gasteiger partial charge in [-0.1, -0.05) is 56.0 Å². The zero-order valence-electron chi connectivity index (χ0n) is 9.70. The molecule has 0 unspecified atom stereocenters. The smallest absolute Gasteiger partial charge is 0.0918 e. The van der Waals surface area contributed by atoms with Gasteiger partial charge in [-0.25, -0.2) is 0 Å². The Kier molecular flexibility index (Phi) is 6.36. The van der Waals surface area contributed by atoms with Crippen molar-refractivity contribution in [3.8, 4) is 6.07 Å². The van der Waals surface area contributed by atoms with Crippen LogP contribution in [0.15, 0.2) is 54.6 Å². The molecule has 0 aliphatic rings. The number of hydrogen-bond acceptors (Lipinski definition) is 1. The number of aryl methyl sites for hydroxylation is 1. The van der Waals surface area contributed by atoms with Gasteiger partial charge in [-0.2, -0.15) is 5.26 Å². The second-order valence-electron chi connectivity index (χ2n) is 3.50. The van der Waals surface area contributed by atoms with E-state index in [-0.39, 0.29) is 7.43 Å². The van der Waals surface area contributed by atoms with Gasteiger partial charge < -0.3 is 0 Å². The fourth-order valence-electron chi connectivity index (χ4n) is 1.51. The Morgan fingerprint density at radius 2 is 1.88 bits per heavy atom. The first-order valence-corrected chi connectivity index (χ1v) is 5.19. The van der Waals surface area contributed by atoms with Crippen LogP contribution in [0.1, 0.15) is 25.5 Å². The zero-order valence-corrected chi connectivity index (χ0v) is 9.70. The number of nitriles is 1. The first kappa shape index (κ1) is 14.9. The van der Waals surface area contributed by atoms with E-state index in [1.54, 1.807) is 12.2 Å². The lowest BCUT2D eigenvalue weighted by atomic mass is 9.97. The summed E-state index contributed by atoms with van der Waals surface area (Å²) >= 11 is 0. The van der Waals surface area contributed by atoms with E-state index < -0.39 is 0 Å². The van der Waals surface area contributed by atoms with Crippen molar-refractivity contribution in [3.63, 3.8) is 0 Å². The molecule has 0 aliphatic carbocycles. The van der Waals surface area contributed by atoms with Crippen molar-refractivity contribution in [1.82, 2.24) is 0 Å². The largest absolute Gasteiger partial charge is 0.193 e. The molecule has 0 aliphatic heterocycles. The molecule has 0 amide bonds. The highest BCUT2D eigenvalue weighted by Gasteiger charge is 2.03. The van der Waals surface area contributed by atoms with Crippen LogP contribution in [-0.4, -0.2) is 0 Å². The predicted molar refractivity (Wildman–Crippen MR) is 75.5 cm³/mol. The van der Waals surface area contributed by atoms with E-state index in [0.717, 1.165) is 16.7 Å². The molecule has 17 heavy (non-hydrogen) atoms. The second-order valence-corrected chi connectivity index (χ2v) is 3.50. The fourth-order valence-corrected chi connectivity index (χ4v) is 1.51. The van der Waals surface area contributed by atoms with E-state index >= 15 is 0 Å². The minimum absolute atomic E-state index is 0. The maximum Gasteiger partial charge on any atom is 0.0918 e. The first-order chi connectivity index (χ1) is 7.72. The van der Waals surface area contributed by atoms with E-state index in [1.165, 1.54) is 5.56 Å². The fraction of sp³-hybridized carbons (Fsp3) is 0.188. The molecule has 0 radical (unpaired) electrons. The van der Waals surface area contributed by atoms with Gasteiger partial charge in [0.2, 0.25) is 0 Å². The monoisotopic (exact) mass is 225 g/mol. The summed E-state index contributed by atoms with van der Waals surface area (Å²) < 4.78 is 0. The van der Waals surface area contributed by atoms with E-state index in [9.17, 15) is 0 Å². The average Bonchev–Trinajstić information content (AvgIpc) is 2.31. The third-order valence-corrected chi connectivity index (χ3v) is 2.41. The van der Waals surface area contributed by atoms with E-state index in [2.05, 4.69) is 12.6 Å². The summed E-state index contributed by atoms with van der Waals surface area (Å²) in [5, 5.41) is 8.80. The molecule has 1 rings (SSSR count). The lowest BCUT2D eigenvalue weighted by Crippen LogP contribution is -1.87. The van der Waals surface area contributed by atoms with E-state index in [1.807, 2.05) is 44.2 Å². The van der Waals surface area contributed by atoms with Crippen molar-refractivity contribution < 1.29 is 0 Å². The summed E-state index contributed by atoms with van der Waals surface area (Å²) in [7, 11) is 0. The van der Waals surface area contributed by atoms with E-state index in [4.69, 9.17) is 5.26 Å². The molecule has 0 fully saturated rings. The minimum atomic E-state index is 0. The Bertz CT molecular complexity index is 467. The van der Waals surface area contributed by atoms with Crippen LogP contribution in [-0.2, 0) is 0 Å². The van der Waals surface area contributed by atoms with Crippen molar-refractivity contribution in [1.29, 1.82) is 5.26 Å². The van der Waals surface area contributed by atoms with Gasteiger partial charge in [0, 0.05) is 6.08 Å². The average molecular weight is 225 g/mol. The summed E-state index contributed by atoms with van der Waals surface area (Å²) in [5.74, 6) is 0. The van der Waals surface area contributed by atoms with Crippen molar-refractivity contribution in [3.05, 3.63) is 65.8 Å². The molecule has 1 aromatic carbocycles. The molecule has 0 aromatic heterocycles. The summed E-state index contributed by atoms with van der Waals surface area (Å²) in [4.78, 5) is 0. The van der Waals surface area contributed by atoms with Gasteiger partial charge in [-0.05, 0) is 30.6 Å². The van der Waals surface area contributed by atoms with E-state index in [0.29, 0.717) is 0 Å². The predicted octanol–water partition coefficient (Wildman–Crippen LogP) is 4.67. The molecule has 1 aromatic rings. The van der Waals surface area contributed by atoms with Gasteiger partial charge in [0.1, 0.15) is 0 Å². The van der Waals surface area contributed by atoms with Crippen LogP contribution in [0.3, 0.4) is 0 Å². The lowest BCUT2D eigenvalue weighted by molar-refractivity contribution is 1.44. The Labute approximate surface area is 104 Å². The lowest BCUT2D eigenvalue weighted by Gasteiger charge is -2.07. The van der Waals surface area contributed by atoms with Gasteiger partial charge in [0.15, 0.2) is 0 Å². The summed E-state index contributed by atoms with van der Waals surface area (Å²) in [5.41, 5.74) is 4.14. The SMILES string of the molecule is C.C=CC(=C\C)/C(=C\C#N)c1ccc(C)cc1. The molecule has 0 heterocycles. The quantitative estimate of drug-likeness (QED) is 0.541. The standard InChI is InChI=1S/C15H15N.CH4/c1-4-13(5-2)15(10-11-16)14-8-6-12(3)7-9-14;/h4-10H,1H2,2-3H3;1H4/b13-5+,15-10+;. The number of benzene rings is 1. The molecule has 88 valence electrons. The minimum Gasteiger partial charge on any atom is -0.193 e. The molecule has 0 saturated carbocycles. The summed E-state index contributed by atoms with van der Waals surface area (Å²) in [6.07, 6.45) is 5.28. The zero-order chi connectivity index (χ0) is 12.0. The van der Waals surface area contributed by atoms with Crippen molar-refractivity contribution in [2.75, 3.05) is 0 Å². The van der Waals surface area contributed by atoms with Crippen LogP contribution < -0.4 is 0 Å². The van der Waals surface area contributed by atoms with Crippen LogP contribution >= 0.6 is 0 Å². The molecular formula is C16H19N. The molecule has 0 saturated heterocycles. The number of allylic oxidation sites excluding steroid dienone is 5. The molecule has 0 atom stereocenters. The molecular weight excluding hydrogens is 206 g/mol. The maximum atomic E-state index is 8.80. The van der Waals surface area contributed by atoms with Gasteiger partial charge in [0.05, 0.1) is 6.07 Å². The highest BCUT2D eigenvalue weighted by atomic mass is 14.2. The second kappa shape index (κ2) is 7.24. The molecule has 0 spiro atoms. The van der Waals surface area contributed by atoms with Gasteiger partial charge >= 0.3 is 0 Å². The molecule has 0 N–H and O–H groups in total. The molecule has 0 bridgehead atoms. The summed E-state index contributed by atoms with van der Waals surface area (Å²) in [6.45, 7) is 7.74. The van der Waals surface area contributed by atoms with Gasteiger partial charge in [-0.15, -0.1) is 0 Å². The van der Waals surface area contributed by atoms with Crippen LogP contribution in [0.5, 0.6) is 0 Å². The number of hydrogen-bond donors (Lipinski definition) is 0. The van der Waals surface area contributed by atoms with Crippen LogP contribution in [0, 0.1) is 18.3 Å². The normalized spacial score (nSPS) is 11.4. The summed E-state index contributed by atoms with van der Waals surface area (Å²) in [6, 6.07) is 10.2. The Morgan fingerprint density at radius 3 is 2.29 bits per heavy atom. The number of rotatable bonds is 3. The van der Waals surface area contributed by atoms with Crippen LogP contribution in [0.2, 0.25) is 0 Å². The third kappa shape index (κ3) is 3.77. The van der Waals surface area contributed by atoms with Crippen molar-refractivity contribution in [2.45, 2.75) is 21.3 Å². The molecule has 1 heteroatoms. The highest BCUT2D eigenvalue weighted by molar-refractivity contribution is 5.82. The van der Waals surface area contributed by atoms with Gasteiger partial charge in [-0.3, -0.25) is 0 Å². The van der Waals surface area contributed by atoms with Crippen molar-refractivity contribution in [2.24, 2.45) is 0 Å². The Hall–Kier alpha value is -2.07.